The molecule has 0 fully saturated rings. The van der Waals surface area contributed by atoms with Gasteiger partial charge in [-0.3, -0.25) is 9.10 Å². The lowest BCUT2D eigenvalue weighted by Gasteiger charge is -2.24. The molecule has 7 nitrogen and oxygen atoms in total. The molecular weight excluding hydrogens is 473 g/mol. The Morgan fingerprint density at radius 1 is 1.03 bits per heavy atom. The van der Waals surface area contributed by atoms with E-state index in [1.807, 2.05) is 0 Å². The maximum absolute atomic E-state index is 13.3. The molecule has 0 spiro atoms. The molecule has 0 aliphatic rings. The van der Waals surface area contributed by atoms with Gasteiger partial charge >= 0.3 is 0 Å². The van der Waals surface area contributed by atoms with Gasteiger partial charge in [-0.15, -0.1) is 0 Å². The Hall–Kier alpha value is -3.07. The van der Waals surface area contributed by atoms with E-state index in [1.54, 1.807) is 48.5 Å². The van der Waals surface area contributed by atoms with Crippen molar-refractivity contribution in [3.63, 3.8) is 0 Å². The fraction of sp³-hybridized carbons (Fsp3) is 0.0909. The second-order valence-corrected chi connectivity index (χ2v) is 9.08. The highest BCUT2D eigenvalue weighted by Crippen LogP contribution is 2.35. The second kappa shape index (κ2) is 10.5. The van der Waals surface area contributed by atoms with E-state index in [-0.39, 0.29) is 20.6 Å². The van der Waals surface area contributed by atoms with Crippen LogP contribution in [0.2, 0.25) is 10.0 Å². The smallest absolute Gasteiger partial charge is 0.264 e. The zero-order chi connectivity index (χ0) is 23.1. The number of nitrogens with one attached hydrogen (secondary N) is 1. The molecule has 3 aromatic rings. The van der Waals surface area contributed by atoms with Crippen LogP contribution in [0.5, 0.6) is 5.75 Å². The number of rotatable bonds is 8. The third kappa shape index (κ3) is 5.40. The number of hydrogen-bond donors (Lipinski definition) is 1. The van der Waals surface area contributed by atoms with Crippen LogP contribution in [-0.2, 0) is 14.8 Å². The summed E-state index contributed by atoms with van der Waals surface area (Å²) in [5, 5.41) is 4.08. The van der Waals surface area contributed by atoms with Crippen LogP contribution in [0.25, 0.3) is 0 Å². The Morgan fingerprint density at radius 3 is 2.44 bits per heavy atom. The van der Waals surface area contributed by atoms with Crippen LogP contribution in [0.15, 0.2) is 82.8 Å². The number of sulfonamides is 1. The van der Waals surface area contributed by atoms with Crippen molar-refractivity contribution >= 4 is 51.0 Å². The summed E-state index contributed by atoms with van der Waals surface area (Å²) in [6, 6.07) is 19.4. The van der Waals surface area contributed by atoms with E-state index >= 15 is 0 Å². The Morgan fingerprint density at radius 2 is 1.72 bits per heavy atom. The van der Waals surface area contributed by atoms with Crippen LogP contribution in [-0.4, -0.2) is 34.2 Å². The highest BCUT2D eigenvalue weighted by atomic mass is 35.5. The average Bonchev–Trinajstić information content (AvgIpc) is 2.80. The predicted molar refractivity (Wildman–Crippen MR) is 126 cm³/mol. The molecule has 10 heteroatoms. The van der Waals surface area contributed by atoms with Gasteiger partial charge in [0.05, 0.1) is 34.0 Å². The summed E-state index contributed by atoms with van der Waals surface area (Å²) in [4.78, 5) is 12.6. The van der Waals surface area contributed by atoms with Gasteiger partial charge in [0.25, 0.3) is 15.9 Å². The summed E-state index contributed by atoms with van der Waals surface area (Å²) < 4.78 is 32.7. The SMILES string of the molecule is COc1ccccc1/C=N\NC(=O)CN(c1cccc(Cl)c1Cl)S(=O)(=O)c1ccccc1. The van der Waals surface area contributed by atoms with Crippen molar-refractivity contribution in [3.05, 3.63) is 88.4 Å². The number of benzene rings is 3. The molecule has 0 saturated heterocycles. The molecule has 0 saturated carbocycles. The number of hydrazone groups is 1. The number of ether oxygens (including phenoxy) is 1. The van der Waals surface area contributed by atoms with E-state index in [0.29, 0.717) is 11.3 Å². The van der Waals surface area contributed by atoms with Gasteiger partial charge in [0.1, 0.15) is 12.3 Å². The van der Waals surface area contributed by atoms with Crippen molar-refractivity contribution in [3.8, 4) is 5.75 Å². The van der Waals surface area contributed by atoms with Crippen molar-refractivity contribution < 1.29 is 17.9 Å². The molecule has 1 amide bonds. The van der Waals surface area contributed by atoms with Crippen LogP contribution in [0.3, 0.4) is 0 Å². The molecule has 0 aliphatic heterocycles. The number of methoxy groups -OCH3 is 1. The molecule has 0 heterocycles. The zero-order valence-electron chi connectivity index (χ0n) is 16.9. The van der Waals surface area contributed by atoms with Gasteiger partial charge in [-0.05, 0) is 36.4 Å². The van der Waals surface area contributed by atoms with Crippen molar-refractivity contribution in [2.45, 2.75) is 4.90 Å². The lowest BCUT2D eigenvalue weighted by molar-refractivity contribution is -0.119. The van der Waals surface area contributed by atoms with Gasteiger partial charge in [-0.2, -0.15) is 5.10 Å². The number of carbonyl (C=O) groups is 1. The fourth-order valence-electron chi connectivity index (χ4n) is 2.82. The van der Waals surface area contributed by atoms with Gasteiger partial charge in [0.2, 0.25) is 0 Å². The van der Waals surface area contributed by atoms with Crippen molar-refractivity contribution in [1.82, 2.24) is 5.43 Å². The molecule has 0 radical (unpaired) electrons. The highest BCUT2D eigenvalue weighted by Gasteiger charge is 2.29. The van der Waals surface area contributed by atoms with Crippen LogP contribution >= 0.6 is 23.2 Å². The first-order valence-electron chi connectivity index (χ1n) is 9.31. The number of nitrogens with zero attached hydrogens (tertiary/aromatic N) is 2. The minimum absolute atomic E-state index is 0.00126. The van der Waals surface area contributed by atoms with Crippen molar-refractivity contribution in [2.24, 2.45) is 5.10 Å². The molecule has 0 aromatic heterocycles. The van der Waals surface area contributed by atoms with Gasteiger partial charge in [0.15, 0.2) is 0 Å². The number of carbonyl (C=O) groups excluding carboxylic acids is 1. The summed E-state index contributed by atoms with van der Waals surface area (Å²) in [6.45, 7) is -0.569. The third-order valence-corrected chi connectivity index (χ3v) is 6.93. The molecule has 32 heavy (non-hydrogen) atoms. The molecule has 0 bridgehead atoms. The molecular formula is C22H19Cl2N3O4S. The van der Waals surface area contributed by atoms with E-state index in [0.717, 1.165) is 4.31 Å². The van der Waals surface area contributed by atoms with E-state index < -0.39 is 22.5 Å². The summed E-state index contributed by atoms with van der Waals surface area (Å²) in [7, 11) is -2.60. The third-order valence-electron chi connectivity index (χ3n) is 4.35. The van der Waals surface area contributed by atoms with Gasteiger partial charge in [-0.25, -0.2) is 13.8 Å². The van der Waals surface area contributed by atoms with Gasteiger partial charge in [-0.1, -0.05) is 59.6 Å². The largest absolute Gasteiger partial charge is 0.496 e. The van der Waals surface area contributed by atoms with Gasteiger partial charge < -0.3 is 4.74 Å². The molecule has 0 unspecified atom stereocenters. The molecule has 166 valence electrons. The Bertz CT molecular complexity index is 1230. The number of hydrogen-bond acceptors (Lipinski definition) is 5. The molecule has 3 aromatic carbocycles. The highest BCUT2D eigenvalue weighted by molar-refractivity contribution is 7.92. The first-order chi connectivity index (χ1) is 15.3. The van der Waals surface area contributed by atoms with Crippen molar-refractivity contribution in [1.29, 1.82) is 0 Å². The fourth-order valence-corrected chi connectivity index (χ4v) is 4.72. The summed E-state index contributed by atoms with van der Waals surface area (Å²) in [6.07, 6.45) is 1.40. The molecule has 0 aliphatic carbocycles. The van der Waals surface area contributed by atoms with E-state index in [4.69, 9.17) is 27.9 Å². The Balaban J connectivity index is 1.88. The first kappa shape index (κ1) is 23.6. The number of halogens is 2. The van der Waals surface area contributed by atoms with Crippen LogP contribution in [0, 0.1) is 0 Å². The number of anilines is 1. The van der Waals surface area contributed by atoms with Crippen LogP contribution in [0.1, 0.15) is 5.56 Å². The number of para-hydroxylation sites is 1. The van der Waals surface area contributed by atoms with E-state index in [1.165, 1.54) is 37.6 Å². The maximum atomic E-state index is 13.3. The lowest BCUT2D eigenvalue weighted by Crippen LogP contribution is -2.39. The van der Waals surface area contributed by atoms with Crippen LogP contribution < -0.4 is 14.5 Å². The maximum Gasteiger partial charge on any atom is 0.264 e. The van der Waals surface area contributed by atoms with E-state index in [2.05, 4.69) is 10.5 Å². The van der Waals surface area contributed by atoms with Gasteiger partial charge in [0, 0.05) is 5.56 Å². The lowest BCUT2D eigenvalue weighted by atomic mass is 10.2. The molecule has 3 rings (SSSR count). The molecule has 0 atom stereocenters. The monoisotopic (exact) mass is 491 g/mol. The second-order valence-electron chi connectivity index (χ2n) is 6.43. The van der Waals surface area contributed by atoms with E-state index in [9.17, 15) is 13.2 Å². The summed E-state index contributed by atoms with van der Waals surface area (Å²) in [5.74, 6) is -0.101. The standard InChI is InChI=1S/C22H19Cl2N3O4S/c1-31-20-13-6-5-8-16(20)14-25-26-21(28)15-27(19-12-7-11-18(23)22(19)24)32(29,30)17-9-3-2-4-10-17/h2-14H,15H2,1H3,(H,26,28)/b25-14-. The predicted octanol–water partition coefficient (Wildman–Crippen LogP) is 4.35. The average molecular weight is 492 g/mol. The molecule has 1 N–H and O–H groups in total. The minimum Gasteiger partial charge on any atom is -0.496 e. The summed E-state index contributed by atoms with van der Waals surface area (Å²) >= 11 is 12.4. The number of amides is 1. The first-order valence-corrected chi connectivity index (χ1v) is 11.5. The van der Waals surface area contributed by atoms with Crippen LogP contribution in [0.4, 0.5) is 5.69 Å². The quantitative estimate of drug-likeness (QED) is 0.374. The normalized spacial score (nSPS) is 11.3. The van der Waals surface area contributed by atoms with Crippen molar-refractivity contribution in [2.75, 3.05) is 18.0 Å². The zero-order valence-corrected chi connectivity index (χ0v) is 19.2. The Kier molecular flexibility index (Phi) is 7.74. The minimum atomic E-state index is -4.12. The Labute approximate surface area is 196 Å². The summed E-state index contributed by atoms with van der Waals surface area (Å²) in [5.41, 5.74) is 3.05. The topological polar surface area (TPSA) is 88.1 Å².